The summed E-state index contributed by atoms with van der Waals surface area (Å²) in [7, 11) is 0. The maximum atomic E-state index is 5.89. The number of aryl methyl sites for hydroxylation is 1. The van der Waals surface area contributed by atoms with Crippen LogP contribution in [0, 0.1) is 6.92 Å². The lowest BCUT2D eigenvalue weighted by atomic mass is 10.0. The summed E-state index contributed by atoms with van der Waals surface area (Å²) in [5.41, 5.74) is 9.47. The summed E-state index contributed by atoms with van der Waals surface area (Å²) >= 11 is 5.18. The van der Waals surface area contributed by atoms with Crippen LogP contribution in [0.5, 0.6) is 5.75 Å². The summed E-state index contributed by atoms with van der Waals surface area (Å²) in [4.78, 5) is 0. The fourth-order valence-corrected chi connectivity index (χ4v) is 3.37. The highest BCUT2D eigenvalue weighted by atomic mass is 32.5. The molecular weight excluding hydrogens is 301 g/mol. The number of hydrogen-bond donors (Lipinski definition) is 1. The molecule has 0 aromatic heterocycles. The third-order valence-electron chi connectivity index (χ3n) is 3.02. The Labute approximate surface area is 131 Å². The van der Waals surface area contributed by atoms with E-state index in [0.29, 0.717) is 12.4 Å². The molecule has 0 radical (unpaired) electrons. The van der Waals surface area contributed by atoms with Gasteiger partial charge in [0.1, 0.15) is 5.75 Å². The Hall–Kier alpha value is -1.19. The van der Waals surface area contributed by atoms with E-state index in [0.717, 1.165) is 12.0 Å². The summed E-state index contributed by atoms with van der Waals surface area (Å²) in [5.74, 6) is 0.647. The second-order valence-electron chi connectivity index (χ2n) is 4.80. The van der Waals surface area contributed by atoms with Crippen LogP contribution in [0.15, 0.2) is 48.5 Å². The quantitative estimate of drug-likeness (QED) is 0.787. The van der Waals surface area contributed by atoms with Gasteiger partial charge in [-0.05, 0) is 54.0 Å². The van der Waals surface area contributed by atoms with Crippen molar-refractivity contribution in [3.8, 4) is 16.9 Å². The molecule has 2 N–H and O–H groups in total. The minimum Gasteiger partial charge on any atom is -0.433 e. The largest absolute Gasteiger partial charge is 0.433 e. The van der Waals surface area contributed by atoms with E-state index in [9.17, 15) is 0 Å². The first-order chi connectivity index (χ1) is 10.0. The molecule has 0 saturated heterocycles. The Bertz CT molecular complexity index is 643. The third-order valence-corrected chi connectivity index (χ3v) is 4.57. The van der Waals surface area contributed by atoms with Crippen molar-refractivity contribution >= 4 is 18.4 Å². The van der Waals surface area contributed by atoms with Crippen LogP contribution in [-0.4, -0.2) is 6.61 Å². The van der Waals surface area contributed by atoms with Gasteiger partial charge in [-0.3, -0.25) is 0 Å². The van der Waals surface area contributed by atoms with E-state index in [1.807, 2.05) is 43.3 Å². The number of hydrogen-bond acceptors (Lipinski definition) is 3. The van der Waals surface area contributed by atoms with Crippen LogP contribution in [0.25, 0.3) is 11.1 Å². The zero-order valence-electron chi connectivity index (χ0n) is 12.3. The Morgan fingerprint density at radius 2 is 1.76 bits per heavy atom. The average Bonchev–Trinajstić information content (AvgIpc) is 2.46. The van der Waals surface area contributed by atoms with Crippen LogP contribution in [0.2, 0.25) is 0 Å². The summed E-state index contributed by atoms with van der Waals surface area (Å²) < 4.78 is 11.0. The molecule has 0 fully saturated rings. The minimum atomic E-state index is -2.69. The summed E-state index contributed by atoms with van der Waals surface area (Å²) in [6, 6.07) is 16.0. The van der Waals surface area contributed by atoms with Gasteiger partial charge in [0.25, 0.3) is 0 Å². The molecule has 1 atom stereocenters. The van der Waals surface area contributed by atoms with E-state index >= 15 is 0 Å². The van der Waals surface area contributed by atoms with Crippen molar-refractivity contribution in [1.82, 2.24) is 0 Å². The van der Waals surface area contributed by atoms with Gasteiger partial charge in [0.05, 0.1) is 6.61 Å². The van der Waals surface area contributed by atoms with Gasteiger partial charge in [0, 0.05) is 0 Å². The summed E-state index contributed by atoms with van der Waals surface area (Å²) in [6.45, 7) is 1.93. The molecule has 112 valence electrons. The van der Waals surface area contributed by atoms with E-state index in [4.69, 9.17) is 26.4 Å². The normalized spacial score (nSPS) is 13.7. The van der Waals surface area contributed by atoms with Crippen molar-refractivity contribution in [3.05, 3.63) is 54.1 Å². The first-order valence-electron chi connectivity index (χ1n) is 6.90. The molecule has 2 aromatic rings. The van der Waals surface area contributed by atoms with Gasteiger partial charge in [0.15, 0.2) is 0 Å². The zero-order chi connectivity index (χ0) is 15.3. The summed E-state index contributed by atoms with van der Waals surface area (Å²) in [5, 5.41) is 0. The molecule has 1 unspecified atom stereocenters. The lowest BCUT2D eigenvalue weighted by Gasteiger charge is -2.18. The average molecular weight is 321 g/mol. The van der Waals surface area contributed by atoms with Gasteiger partial charge in [-0.25, -0.2) is 5.50 Å². The van der Waals surface area contributed by atoms with Gasteiger partial charge >= 0.3 is 6.64 Å². The van der Waals surface area contributed by atoms with Gasteiger partial charge in [-0.2, -0.15) is 0 Å². The minimum absolute atomic E-state index is 0.523. The Morgan fingerprint density at radius 3 is 2.38 bits per heavy atom. The molecule has 0 aliphatic heterocycles. The highest BCUT2D eigenvalue weighted by Gasteiger charge is 2.13. The van der Waals surface area contributed by atoms with E-state index in [-0.39, 0.29) is 0 Å². The lowest BCUT2D eigenvalue weighted by Crippen LogP contribution is -2.06. The Kier molecular flexibility index (Phi) is 5.54. The molecule has 3 nitrogen and oxygen atoms in total. The smallest absolute Gasteiger partial charge is 0.310 e. The fourth-order valence-electron chi connectivity index (χ4n) is 1.98. The van der Waals surface area contributed by atoms with Crippen molar-refractivity contribution in [2.75, 3.05) is 6.61 Å². The van der Waals surface area contributed by atoms with Crippen molar-refractivity contribution in [2.45, 2.75) is 20.3 Å². The van der Waals surface area contributed by atoms with Gasteiger partial charge < -0.3 is 9.05 Å². The van der Waals surface area contributed by atoms with Crippen LogP contribution in [0.1, 0.15) is 18.9 Å². The van der Waals surface area contributed by atoms with E-state index in [1.165, 1.54) is 11.1 Å². The monoisotopic (exact) mass is 321 g/mol. The highest BCUT2D eigenvalue weighted by Crippen LogP contribution is 2.41. The van der Waals surface area contributed by atoms with Crippen molar-refractivity contribution in [1.29, 1.82) is 0 Å². The molecule has 0 aliphatic rings. The number of rotatable bonds is 6. The predicted octanol–water partition coefficient (Wildman–Crippen LogP) is 4.65. The molecule has 0 spiro atoms. The molecule has 0 heterocycles. The predicted molar refractivity (Wildman–Crippen MR) is 92.0 cm³/mol. The molecule has 0 bridgehead atoms. The van der Waals surface area contributed by atoms with Crippen LogP contribution >= 0.6 is 6.64 Å². The Morgan fingerprint density at radius 1 is 1.10 bits per heavy atom. The molecule has 21 heavy (non-hydrogen) atoms. The maximum absolute atomic E-state index is 5.89. The van der Waals surface area contributed by atoms with Gasteiger partial charge in [-0.1, -0.05) is 43.3 Å². The molecule has 0 aliphatic carbocycles. The fraction of sp³-hybridized carbons (Fsp3) is 0.250. The van der Waals surface area contributed by atoms with Crippen LogP contribution in [-0.2, 0) is 16.3 Å². The third kappa shape index (κ3) is 4.65. The Balaban J connectivity index is 2.13. The number of nitrogens with two attached hydrogens (primary N) is 1. The SMILES string of the molecule is CCCOP(N)(=S)Oc1ccc(-c2ccccc2C)cc1. The van der Waals surface area contributed by atoms with Gasteiger partial charge in [-0.15, -0.1) is 0 Å². The van der Waals surface area contributed by atoms with E-state index in [2.05, 4.69) is 19.1 Å². The van der Waals surface area contributed by atoms with E-state index in [1.54, 1.807) is 0 Å². The maximum Gasteiger partial charge on any atom is 0.310 e. The topological polar surface area (TPSA) is 44.5 Å². The van der Waals surface area contributed by atoms with Gasteiger partial charge in [0.2, 0.25) is 0 Å². The highest BCUT2D eigenvalue weighted by molar-refractivity contribution is 8.09. The molecule has 0 amide bonds. The zero-order valence-corrected chi connectivity index (χ0v) is 14.0. The van der Waals surface area contributed by atoms with Crippen LogP contribution in [0.3, 0.4) is 0 Å². The number of benzene rings is 2. The van der Waals surface area contributed by atoms with Crippen molar-refractivity contribution in [2.24, 2.45) is 5.50 Å². The first kappa shape index (κ1) is 16.2. The molecular formula is C16H20NO2PS. The standard InChI is InChI=1S/C16H20NO2PS/c1-3-12-18-20(17,21)19-15-10-8-14(9-11-15)16-7-5-4-6-13(16)2/h4-11H,3,12H2,1-2H3,(H2,17,21). The summed E-state index contributed by atoms with van der Waals surface area (Å²) in [6.07, 6.45) is 0.866. The second-order valence-corrected chi connectivity index (χ2v) is 7.85. The van der Waals surface area contributed by atoms with Crippen LogP contribution < -0.4 is 10.0 Å². The molecule has 2 rings (SSSR count). The first-order valence-corrected chi connectivity index (χ1v) is 9.61. The van der Waals surface area contributed by atoms with Crippen LogP contribution in [0.4, 0.5) is 0 Å². The molecule has 0 saturated carbocycles. The van der Waals surface area contributed by atoms with Crippen molar-refractivity contribution in [3.63, 3.8) is 0 Å². The lowest BCUT2D eigenvalue weighted by molar-refractivity contribution is 0.312. The van der Waals surface area contributed by atoms with E-state index < -0.39 is 6.64 Å². The van der Waals surface area contributed by atoms with Crippen molar-refractivity contribution < 1.29 is 9.05 Å². The second kappa shape index (κ2) is 7.19. The molecule has 5 heteroatoms. The molecule has 2 aromatic carbocycles.